The molecule has 0 aliphatic carbocycles. The van der Waals surface area contributed by atoms with E-state index in [1.807, 2.05) is 0 Å². The van der Waals surface area contributed by atoms with Crippen LogP contribution in [0, 0.1) is 0 Å². The van der Waals surface area contributed by atoms with Crippen LogP contribution in [0.15, 0.2) is 12.1 Å². The highest BCUT2D eigenvalue weighted by Gasteiger charge is 2.27. The van der Waals surface area contributed by atoms with Gasteiger partial charge < -0.3 is 19.5 Å². The van der Waals surface area contributed by atoms with E-state index in [1.54, 1.807) is 31.3 Å². The molecule has 0 spiro atoms. The zero-order chi connectivity index (χ0) is 13.1. The van der Waals surface area contributed by atoms with Gasteiger partial charge in [0.15, 0.2) is 11.5 Å². The summed E-state index contributed by atoms with van der Waals surface area (Å²) in [7, 11) is 3.15. The van der Waals surface area contributed by atoms with Crippen LogP contribution >= 0.6 is 0 Å². The fourth-order valence-corrected chi connectivity index (χ4v) is 2.29. The molecule has 2 rings (SSSR count). The van der Waals surface area contributed by atoms with Gasteiger partial charge in [0, 0.05) is 24.2 Å². The van der Waals surface area contributed by atoms with E-state index >= 15 is 0 Å². The fourth-order valence-electron chi connectivity index (χ4n) is 2.29. The zero-order valence-corrected chi connectivity index (χ0v) is 10.6. The molecule has 0 radical (unpaired) electrons. The molecule has 1 aromatic carbocycles. The number of carbonyl (C=O) groups is 1. The summed E-state index contributed by atoms with van der Waals surface area (Å²) < 4.78 is 10.6. The number of ether oxygens (including phenoxy) is 2. The third-order valence-corrected chi connectivity index (χ3v) is 3.17. The topological polar surface area (TPSA) is 59.0 Å². The number of β-amino-alcohol motifs (C(OH)–C–C–N with tert-alkyl or cyclic N) is 1. The van der Waals surface area contributed by atoms with Gasteiger partial charge in [0.05, 0.1) is 20.8 Å². The number of aliphatic hydroxyl groups excluding tert-OH is 1. The summed E-state index contributed by atoms with van der Waals surface area (Å²) in [5.74, 6) is 1.21. The van der Waals surface area contributed by atoms with E-state index in [4.69, 9.17) is 14.6 Å². The molecule has 1 N–H and O–H groups in total. The summed E-state index contributed by atoms with van der Waals surface area (Å²) in [6, 6.07) is 3.49. The Balaban J connectivity index is 2.42. The molecule has 0 bridgehead atoms. The second-order valence-corrected chi connectivity index (χ2v) is 4.09. The summed E-state index contributed by atoms with van der Waals surface area (Å²) in [6.07, 6.45) is 0.710. The number of nitrogens with zero attached hydrogens (tertiary/aromatic N) is 1. The van der Waals surface area contributed by atoms with Crippen molar-refractivity contribution in [2.75, 3.05) is 33.9 Å². The molecule has 1 aromatic rings. The first-order valence-corrected chi connectivity index (χ1v) is 5.87. The first kappa shape index (κ1) is 12.7. The standard InChI is InChI=1S/C13H17NO4/c1-17-11-4-3-10-9(12(11)18-2)5-6-14(7-8-15)13(10)16/h3-4,15H,5-8H2,1-2H3. The summed E-state index contributed by atoms with van der Waals surface area (Å²) >= 11 is 0. The molecule has 0 fully saturated rings. The minimum absolute atomic E-state index is 0.0195. The van der Waals surface area contributed by atoms with Gasteiger partial charge in [-0.2, -0.15) is 0 Å². The Labute approximate surface area is 106 Å². The Morgan fingerprint density at radius 1 is 1.33 bits per heavy atom. The van der Waals surface area contributed by atoms with Crippen molar-refractivity contribution in [2.24, 2.45) is 0 Å². The molecular weight excluding hydrogens is 234 g/mol. The van der Waals surface area contributed by atoms with Gasteiger partial charge in [-0.25, -0.2) is 0 Å². The van der Waals surface area contributed by atoms with Crippen LogP contribution in [0.1, 0.15) is 15.9 Å². The number of hydrogen-bond acceptors (Lipinski definition) is 4. The van der Waals surface area contributed by atoms with Gasteiger partial charge in [-0.05, 0) is 18.6 Å². The molecule has 0 saturated carbocycles. The van der Waals surface area contributed by atoms with Crippen molar-refractivity contribution in [3.63, 3.8) is 0 Å². The normalized spacial score (nSPS) is 14.4. The van der Waals surface area contributed by atoms with E-state index in [2.05, 4.69) is 0 Å². The van der Waals surface area contributed by atoms with Gasteiger partial charge in [-0.15, -0.1) is 0 Å². The molecule has 5 heteroatoms. The van der Waals surface area contributed by atoms with E-state index in [0.29, 0.717) is 36.6 Å². The molecule has 0 saturated heterocycles. The monoisotopic (exact) mass is 251 g/mol. The maximum Gasteiger partial charge on any atom is 0.254 e. The lowest BCUT2D eigenvalue weighted by molar-refractivity contribution is 0.0704. The lowest BCUT2D eigenvalue weighted by Gasteiger charge is -2.29. The predicted octanol–water partition coefficient (Wildman–Crippen LogP) is 0.694. The fraction of sp³-hybridized carbons (Fsp3) is 0.462. The van der Waals surface area contributed by atoms with Gasteiger partial charge in [-0.3, -0.25) is 4.79 Å². The van der Waals surface area contributed by atoms with Crippen LogP contribution in [0.2, 0.25) is 0 Å². The molecule has 5 nitrogen and oxygen atoms in total. The third-order valence-electron chi connectivity index (χ3n) is 3.17. The van der Waals surface area contributed by atoms with E-state index < -0.39 is 0 Å². The SMILES string of the molecule is COc1ccc2c(c1OC)CCN(CCO)C2=O. The highest BCUT2D eigenvalue weighted by atomic mass is 16.5. The number of benzene rings is 1. The number of carbonyl (C=O) groups excluding carboxylic acids is 1. The van der Waals surface area contributed by atoms with Gasteiger partial charge in [-0.1, -0.05) is 0 Å². The number of fused-ring (bicyclic) bond motifs is 1. The van der Waals surface area contributed by atoms with Gasteiger partial charge in [0.25, 0.3) is 5.91 Å². The van der Waals surface area contributed by atoms with Crippen molar-refractivity contribution < 1.29 is 19.4 Å². The largest absolute Gasteiger partial charge is 0.493 e. The quantitative estimate of drug-likeness (QED) is 0.855. The Morgan fingerprint density at radius 2 is 2.11 bits per heavy atom. The van der Waals surface area contributed by atoms with Crippen LogP contribution in [0.25, 0.3) is 0 Å². The lowest BCUT2D eigenvalue weighted by atomic mass is 9.97. The van der Waals surface area contributed by atoms with Crippen LogP contribution < -0.4 is 9.47 Å². The highest BCUT2D eigenvalue weighted by Crippen LogP contribution is 2.36. The van der Waals surface area contributed by atoms with Crippen LogP contribution in [-0.2, 0) is 6.42 Å². The smallest absolute Gasteiger partial charge is 0.254 e. The summed E-state index contributed by atoms with van der Waals surface area (Å²) in [5.41, 5.74) is 1.52. The van der Waals surface area contributed by atoms with Crippen molar-refractivity contribution in [3.05, 3.63) is 23.3 Å². The number of methoxy groups -OCH3 is 2. The lowest BCUT2D eigenvalue weighted by Crippen LogP contribution is -2.39. The number of aliphatic hydroxyl groups is 1. The molecule has 0 aromatic heterocycles. The minimum Gasteiger partial charge on any atom is -0.493 e. The molecule has 1 aliphatic heterocycles. The van der Waals surface area contributed by atoms with Crippen molar-refractivity contribution in [1.82, 2.24) is 4.90 Å². The zero-order valence-electron chi connectivity index (χ0n) is 10.6. The maximum atomic E-state index is 12.2. The van der Waals surface area contributed by atoms with Crippen molar-refractivity contribution in [1.29, 1.82) is 0 Å². The number of rotatable bonds is 4. The molecule has 0 atom stereocenters. The van der Waals surface area contributed by atoms with Crippen LogP contribution in [0.3, 0.4) is 0 Å². The van der Waals surface area contributed by atoms with Crippen molar-refractivity contribution in [3.8, 4) is 11.5 Å². The third kappa shape index (κ3) is 2.01. The molecule has 98 valence electrons. The Bertz CT molecular complexity index is 459. The van der Waals surface area contributed by atoms with E-state index in [1.165, 1.54) is 0 Å². The number of hydrogen-bond donors (Lipinski definition) is 1. The first-order valence-electron chi connectivity index (χ1n) is 5.87. The van der Waals surface area contributed by atoms with Crippen molar-refractivity contribution in [2.45, 2.75) is 6.42 Å². The second-order valence-electron chi connectivity index (χ2n) is 4.09. The average molecular weight is 251 g/mol. The van der Waals surface area contributed by atoms with Crippen LogP contribution in [0.4, 0.5) is 0 Å². The first-order chi connectivity index (χ1) is 8.72. The molecule has 1 aliphatic rings. The van der Waals surface area contributed by atoms with E-state index in [-0.39, 0.29) is 12.5 Å². The summed E-state index contributed by atoms with van der Waals surface area (Å²) in [6.45, 7) is 0.941. The van der Waals surface area contributed by atoms with E-state index in [0.717, 1.165) is 5.56 Å². The van der Waals surface area contributed by atoms with Gasteiger partial charge in [0.1, 0.15) is 0 Å². The van der Waals surface area contributed by atoms with Crippen LogP contribution in [-0.4, -0.2) is 49.8 Å². The summed E-state index contributed by atoms with van der Waals surface area (Å²) in [5, 5.41) is 8.93. The Kier molecular flexibility index (Phi) is 3.72. The van der Waals surface area contributed by atoms with Gasteiger partial charge >= 0.3 is 0 Å². The Hall–Kier alpha value is -1.75. The maximum absolute atomic E-state index is 12.2. The Morgan fingerprint density at radius 3 is 2.72 bits per heavy atom. The van der Waals surface area contributed by atoms with Crippen molar-refractivity contribution >= 4 is 5.91 Å². The molecular formula is C13H17NO4. The minimum atomic E-state index is -0.0637. The molecule has 1 heterocycles. The molecule has 18 heavy (non-hydrogen) atoms. The van der Waals surface area contributed by atoms with Crippen LogP contribution in [0.5, 0.6) is 11.5 Å². The van der Waals surface area contributed by atoms with E-state index in [9.17, 15) is 4.79 Å². The summed E-state index contributed by atoms with van der Waals surface area (Å²) in [4.78, 5) is 13.8. The predicted molar refractivity (Wildman–Crippen MR) is 66.2 cm³/mol. The van der Waals surface area contributed by atoms with Gasteiger partial charge in [0.2, 0.25) is 0 Å². The number of amides is 1. The average Bonchev–Trinajstić information content (AvgIpc) is 2.40. The highest BCUT2D eigenvalue weighted by molar-refractivity contribution is 5.97. The second kappa shape index (κ2) is 5.27. The molecule has 1 amide bonds. The molecule has 0 unspecified atom stereocenters.